The van der Waals surface area contributed by atoms with Crippen LogP contribution in [0.25, 0.3) is 0 Å². The van der Waals surface area contributed by atoms with Gasteiger partial charge in [-0.25, -0.2) is 4.98 Å². The minimum absolute atomic E-state index is 0.0891. The summed E-state index contributed by atoms with van der Waals surface area (Å²) in [7, 11) is 0. The molecule has 2 rings (SSSR count). The van der Waals surface area contributed by atoms with E-state index in [2.05, 4.69) is 22.2 Å². The van der Waals surface area contributed by atoms with Gasteiger partial charge in [-0.2, -0.15) is 0 Å². The van der Waals surface area contributed by atoms with Crippen LogP contribution in [0.4, 0.5) is 5.82 Å². The van der Waals surface area contributed by atoms with Crippen molar-refractivity contribution >= 4 is 17.2 Å². The molecular formula is C11H14N4S. The molecule has 0 aliphatic carbocycles. The fourth-order valence-electron chi connectivity index (χ4n) is 1.61. The maximum atomic E-state index is 5.89. The van der Waals surface area contributed by atoms with Crippen LogP contribution in [0.3, 0.4) is 0 Å². The number of nitrogens with zero attached hydrogens (tertiary/aromatic N) is 2. The Hall–Kier alpha value is -1.46. The number of nitrogens with one attached hydrogen (secondary N) is 1. The van der Waals surface area contributed by atoms with Gasteiger partial charge in [-0.15, -0.1) is 11.3 Å². The van der Waals surface area contributed by atoms with Crippen molar-refractivity contribution in [2.45, 2.75) is 13.0 Å². The molecule has 2 aromatic rings. The Bertz CT molecular complexity index is 441. The zero-order chi connectivity index (χ0) is 11.4. The highest BCUT2D eigenvalue weighted by molar-refractivity contribution is 7.09. The molecule has 0 saturated heterocycles. The highest BCUT2D eigenvalue weighted by atomic mass is 32.1. The molecule has 3 N–H and O–H groups in total. The smallest absolute Gasteiger partial charge is 0.128 e. The number of anilines is 1. The molecule has 0 spiro atoms. The predicted molar refractivity (Wildman–Crippen MR) is 66.3 cm³/mol. The second kappa shape index (κ2) is 5.05. The van der Waals surface area contributed by atoms with Gasteiger partial charge in [0.25, 0.3) is 0 Å². The van der Waals surface area contributed by atoms with E-state index < -0.39 is 0 Å². The molecule has 2 heterocycles. The number of hydrogen-bond donors (Lipinski definition) is 2. The third kappa shape index (κ3) is 2.20. The summed E-state index contributed by atoms with van der Waals surface area (Å²) in [6, 6.07) is 3.98. The number of hydrogen-bond acceptors (Lipinski definition) is 5. The molecule has 4 nitrogen and oxygen atoms in total. The summed E-state index contributed by atoms with van der Waals surface area (Å²) in [5.41, 5.74) is 8.72. The van der Waals surface area contributed by atoms with Gasteiger partial charge in [0.05, 0.1) is 11.6 Å². The van der Waals surface area contributed by atoms with E-state index in [9.17, 15) is 0 Å². The molecule has 1 atom stereocenters. The lowest BCUT2D eigenvalue weighted by molar-refractivity contribution is 0.638. The van der Waals surface area contributed by atoms with E-state index in [-0.39, 0.29) is 6.04 Å². The topological polar surface area (TPSA) is 63.8 Å². The van der Waals surface area contributed by atoms with Gasteiger partial charge in [0.2, 0.25) is 0 Å². The first-order chi connectivity index (χ1) is 7.83. The molecule has 0 radical (unpaired) electrons. The average molecular weight is 234 g/mol. The Kier molecular flexibility index (Phi) is 3.48. The van der Waals surface area contributed by atoms with Crippen molar-refractivity contribution in [2.24, 2.45) is 0 Å². The van der Waals surface area contributed by atoms with Crippen LogP contribution in [0.5, 0.6) is 0 Å². The summed E-state index contributed by atoms with van der Waals surface area (Å²) < 4.78 is 0. The Morgan fingerprint density at radius 2 is 2.44 bits per heavy atom. The number of nitrogen functional groups attached to an aromatic ring is 1. The quantitative estimate of drug-likeness (QED) is 0.847. The van der Waals surface area contributed by atoms with Crippen LogP contribution in [-0.4, -0.2) is 16.5 Å². The first-order valence-electron chi connectivity index (χ1n) is 5.15. The minimum atomic E-state index is 0.0891. The van der Waals surface area contributed by atoms with Gasteiger partial charge in [-0.05, 0) is 12.6 Å². The molecule has 0 amide bonds. The first kappa shape index (κ1) is 11.0. The third-order valence-electron chi connectivity index (χ3n) is 2.33. The summed E-state index contributed by atoms with van der Waals surface area (Å²) in [6.07, 6.45) is 3.57. The van der Waals surface area contributed by atoms with E-state index in [1.54, 1.807) is 17.5 Å². The van der Waals surface area contributed by atoms with Crippen molar-refractivity contribution in [3.63, 3.8) is 0 Å². The van der Waals surface area contributed by atoms with Gasteiger partial charge < -0.3 is 11.1 Å². The summed E-state index contributed by atoms with van der Waals surface area (Å²) in [5.74, 6) is 0.571. The van der Waals surface area contributed by atoms with Gasteiger partial charge in [0.15, 0.2) is 0 Å². The van der Waals surface area contributed by atoms with Gasteiger partial charge in [-0.1, -0.05) is 13.0 Å². The molecule has 1 unspecified atom stereocenters. The molecular weight excluding hydrogens is 220 g/mol. The first-order valence-corrected chi connectivity index (χ1v) is 6.03. The third-order valence-corrected chi connectivity index (χ3v) is 3.17. The molecule has 5 heteroatoms. The Morgan fingerprint density at radius 1 is 1.56 bits per heavy atom. The van der Waals surface area contributed by atoms with Crippen LogP contribution < -0.4 is 11.1 Å². The lowest BCUT2D eigenvalue weighted by atomic mass is 10.1. The second-order valence-corrected chi connectivity index (χ2v) is 4.29. The van der Waals surface area contributed by atoms with Crippen LogP contribution in [0.2, 0.25) is 0 Å². The lowest BCUT2D eigenvalue weighted by Crippen LogP contribution is -2.22. The molecule has 0 aliphatic heterocycles. The van der Waals surface area contributed by atoms with E-state index in [0.717, 1.165) is 17.0 Å². The van der Waals surface area contributed by atoms with Gasteiger partial charge in [0.1, 0.15) is 5.82 Å². The molecule has 16 heavy (non-hydrogen) atoms. The van der Waals surface area contributed by atoms with Crippen molar-refractivity contribution in [2.75, 3.05) is 12.3 Å². The number of thiazole rings is 1. The van der Waals surface area contributed by atoms with Gasteiger partial charge >= 0.3 is 0 Å². The minimum Gasteiger partial charge on any atom is -0.383 e. The normalized spacial score (nSPS) is 12.6. The highest BCUT2D eigenvalue weighted by Crippen LogP contribution is 2.27. The Morgan fingerprint density at radius 3 is 3.06 bits per heavy atom. The van der Waals surface area contributed by atoms with E-state index in [1.807, 2.05) is 23.8 Å². The number of rotatable bonds is 4. The van der Waals surface area contributed by atoms with Crippen molar-refractivity contribution in [3.05, 3.63) is 40.5 Å². The predicted octanol–water partition coefficient (Wildman–Crippen LogP) is 1.82. The largest absolute Gasteiger partial charge is 0.383 e. The SMILES string of the molecule is CCNC(c1cncs1)c1cccnc1N. The fraction of sp³-hybridized carbons (Fsp3) is 0.273. The zero-order valence-electron chi connectivity index (χ0n) is 9.05. The second-order valence-electron chi connectivity index (χ2n) is 3.37. The van der Waals surface area contributed by atoms with Crippen LogP contribution in [0.1, 0.15) is 23.4 Å². The number of aromatic nitrogens is 2. The van der Waals surface area contributed by atoms with Crippen LogP contribution >= 0.6 is 11.3 Å². The van der Waals surface area contributed by atoms with Crippen LogP contribution in [0, 0.1) is 0 Å². The average Bonchev–Trinajstić information content (AvgIpc) is 2.80. The fourth-order valence-corrected chi connectivity index (χ4v) is 2.32. The van der Waals surface area contributed by atoms with Crippen LogP contribution in [-0.2, 0) is 0 Å². The summed E-state index contributed by atoms with van der Waals surface area (Å²) >= 11 is 1.62. The number of pyridine rings is 1. The van der Waals surface area contributed by atoms with Crippen molar-refractivity contribution in [3.8, 4) is 0 Å². The standard InChI is InChI=1S/C11H14N4S/c1-2-14-10(9-6-13-7-16-9)8-4-3-5-15-11(8)12/h3-7,10,14H,2H2,1H3,(H2,12,15). The van der Waals surface area contributed by atoms with Crippen molar-refractivity contribution in [1.29, 1.82) is 0 Å². The molecule has 2 aromatic heterocycles. The lowest BCUT2D eigenvalue weighted by Gasteiger charge is -2.17. The zero-order valence-corrected chi connectivity index (χ0v) is 9.87. The molecule has 0 aliphatic rings. The van der Waals surface area contributed by atoms with E-state index in [0.29, 0.717) is 5.82 Å². The van der Waals surface area contributed by atoms with Crippen LogP contribution in [0.15, 0.2) is 30.0 Å². The molecule has 84 valence electrons. The summed E-state index contributed by atoms with van der Waals surface area (Å²) in [6.45, 7) is 2.94. The Balaban J connectivity index is 2.37. The maximum absolute atomic E-state index is 5.89. The van der Waals surface area contributed by atoms with E-state index in [1.165, 1.54) is 0 Å². The molecule has 0 bridgehead atoms. The maximum Gasteiger partial charge on any atom is 0.128 e. The Labute approximate surface area is 98.6 Å². The number of nitrogens with two attached hydrogens (primary N) is 1. The van der Waals surface area contributed by atoms with Gasteiger partial charge in [0, 0.05) is 22.8 Å². The molecule has 0 aromatic carbocycles. The monoisotopic (exact) mass is 234 g/mol. The summed E-state index contributed by atoms with van der Waals surface area (Å²) in [4.78, 5) is 9.37. The van der Waals surface area contributed by atoms with Crippen molar-refractivity contribution in [1.82, 2.24) is 15.3 Å². The summed E-state index contributed by atoms with van der Waals surface area (Å²) in [5, 5.41) is 3.39. The molecule has 0 fully saturated rings. The highest BCUT2D eigenvalue weighted by Gasteiger charge is 2.17. The van der Waals surface area contributed by atoms with E-state index >= 15 is 0 Å². The van der Waals surface area contributed by atoms with E-state index in [4.69, 9.17) is 5.73 Å². The van der Waals surface area contributed by atoms with Crippen molar-refractivity contribution < 1.29 is 0 Å². The molecule has 0 saturated carbocycles. The van der Waals surface area contributed by atoms with Gasteiger partial charge in [-0.3, -0.25) is 4.98 Å².